The fourth-order valence-corrected chi connectivity index (χ4v) is 3.21. The lowest BCUT2D eigenvalue weighted by molar-refractivity contribution is 0.456. The van der Waals surface area contributed by atoms with Crippen molar-refractivity contribution < 1.29 is 13.5 Å². The Morgan fingerprint density at radius 1 is 1.21 bits per heavy atom. The highest BCUT2D eigenvalue weighted by atomic mass is 32.2. The van der Waals surface area contributed by atoms with Gasteiger partial charge < -0.3 is 10.0 Å². The second-order valence-electron chi connectivity index (χ2n) is 4.96. The quantitative estimate of drug-likeness (QED) is 0.674. The third kappa shape index (κ3) is 3.07. The van der Waals surface area contributed by atoms with Crippen molar-refractivity contribution in [3.05, 3.63) is 23.3 Å². The average Bonchev–Trinajstić information content (AvgIpc) is 2.35. The number of aryl methyl sites for hydroxylation is 2. The standard InChI is InChI=1S/C13H18N2O3S/c1-15(2)9-14-19(17,18)13-8-11-6-4-3-5-10(11)7-12(13)16/h7-9,16H,3-6H2,1-2H3. The van der Waals surface area contributed by atoms with Crippen molar-refractivity contribution >= 4 is 16.4 Å². The maximum atomic E-state index is 12.1. The van der Waals surface area contributed by atoms with Gasteiger partial charge in [-0.2, -0.15) is 8.42 Å². The van der Waals surface area contributed by atoms with E-state index in [0.29, 0.717) is 0 Å². The van der Waals surface area contributed by atoms with E-state index in [1.54, 1.807) is 26.2 Å². The number of phenols is 1. The molecule has 1 aromatic rings. The van der Waals surface area contributed by atoms with Crippen LogP contribution in [-0.4, -0.2) is 38.9 Å². The van der Waals surface area contributed by atoms with Crippen molar-refractivity contribution in [2.75, 3.05) is 14.1 Å². The lowest BCUT2D eigenvalue weighted by atomic mass is 9.92. The molecular formula is C13H18N2O3S. The molecule has 2 rings (SSSR count). The summed E-state index contributed by atoms with van der Waals surface area (Å²) in [5.41, 5.74) is 2.04. The number of benzene rings is 1. The topological polar surface area (TPSA) is 70.0 Å². The smallest absolute Gasteiger partial charge is 0.287 e. The molecule has 0 atom stereocenters. The van der Waals surface area contributed by atoms with Gasteiger partial charge in [0.2, 0.25) is 0 Å². The highest BCUT2D eigenvalue weighted by Crippen LogP contribution is 2.31. The summed E-state index contributed by atoms with van der Waals surface area (Å²) in [6.45, 7) is 0. The number of nitrogens with zero attached hydrogens (tertiary/aromatic N) is 2. The molecule has 0 aromatic heterocycles. The van der Waals surface area contributed by atoms with Crippen LogP contribution in [0.2, 0.25) is 0 Å². The van der Waals surface area contributed by atoms with E-state index in [9.17, 15) is 13.5 Å². The van der Waals surface area contributed by atoms with Crippen LogP contribution in [-0.2, 0) is 22.9 Å². The van der Waals surface area contributed by atoms with Gasteiger partial charge in [-0.15, -0.1) is 4.40 Å². The van der Waals surface area contributed by atoms with Gasteiger partial charge in [-0.25, -0.2) is 0 Å². The molecule has 0 saturated carbocycles. The summed E-state index contributed by atoms with van der Waals surface area (Å²) in [6.07, 6.45) is 5.10. The summed E-state index contributed by atoms with van der Waals surface area (Å²) in [4.78, 5) is 1.43. The fourth-order valence-electron chi connectivity index (χ4n) is 2.17. The zero-order valence-corrected chi connectivity index (χ0v) is 11.9. The second kappa shape index (κ2) is 5.21. The number of hydrogen-bond acceptors (Lipinski definition) is 3. The van der Waals surface area contributed by atoms with Crippen LogP contribution < -0.4 is 0 Å². The van der Waals surface area contributed by atoms with E-state index in [0.717, 1.165) is 36.8 Å². The van der Waals surface area contributed by atoms with E-state index in [1.165, 1.54) is 11.2 Å². The molecule has 0 aliphatic heterocycles. The van der Waals surface area contributed by atoms with Gasteiger partial charge >= 0.3 is 0 Å². The Morgan fingerprint density at radius 3 is 2.37 bits per heavy atom. The van der Waals surface area contributed by atoms with Crippen LogP contribution in [0.25, 0.3) is 0 Å². The van der Waals surface area contributed by atoms with Gasteiger partial charge in [0.1, 0.15) is 17.0 Å². The fraction of sp³-hybridized carbons (Fsp3) is 0.462. The first-order chi connectivity index (χ1) is 8.90. The molecule has 1 aliphatic rings. The molecule has 1 N–H and O–H groups in total. The molecule has 1 aromatic carbocycles. The van der Waals surface area contributed by atoms with Crippen molar-refractivity contribution in [3.63, 3.8) is 0 Å². The molecule has 5 nitrogen and oxygen atoms in total. The molecule has 0 saturated heterocycles. The van der Waals surface area contributed by atoms with Gasteiger partial charge in [0.15, 0.2) is 0 Å². The zero-order chi connectivity index (χ0) is 14.0. The lowest BCUT2D eigenvalue weighted by Gasteiger charge is -2.17. The highest BCUT2D eigenvalue weighted by Gasteiger charge is 2.21. The summed E-state index contributed by atoms with van der Waals surface area (Å²) < 4.78 is 27.7. The van der Waals surface area contributed by atoms with Crippen molar-refractivity contribution in [1.82, 2.24) is 4.90 Å². The number of hydrogen-bond donors (Lipinski definition) is 1. The molecular weight excluding hydrogens is 264 g/mol. The van der Waals surface area contributed by atoms with Crippen molar-refractivity contribution in [2.24, 2.45) is 4.40 Å². The Morgan fingerprint density at radius 2 is 1.79 bits per heavy atom. The van der Waals surface area contributed by atoms with Crippen molar-refractivity contribution in [3.8, 4) is 5.75 Å². The van der Waals surface area contributed by atoms with Crippen LogP contribution in [0.1, 0.15) is 24.0 Å². The van der Waals surface area contributed by atoms with Crippen molar-refractivity contribution in [2.45, 2.75) is 30.6 Å². The van der Waals surface area contributed by atoms with Gasteiger partial charge in [-0.1, -0.05) is 0 Å². The van der Waals surface area contributed by atoms with Gasteiger partial charge in [0.25, 0.3) is 10.0 Å². The molecule has 0 fully saturated rings. The lowest BCUT2D eigenvalue weighted by Crippen LogP contribution is -2.11. The van der Waals surface area contributed by atoms with E-state index >= 15 is 0 Å². The minimum atomic E-state index is -3.84. The molecule has 0 spiro atoms. The number of phenolic OH excluding ortho intramolecular Hbond substituents is 1. The zero-order valence-electron chi connectivity index (χ0n) is 11.1. The predicted molar refractivity (Wildman–Crippen MR) is 74.1 cm³/mol. The van der Waals surface area contributed by atoms with Gasteiger partial charge in [-0.05, 0) is 48.9 Å². The van der Waals surface area contributed by atoms with Gasteiger partial charge in [-0.3, -0.25) is 0 Å². The first kappa shape index (κ1) is 13.9. The van der Waals surface area contributed by atoms with Crippen LogP contribution >= 0.6 is 0 Å². The third-order valence-corrected chi connectivity index (χ3v) is 4.37. The van der Waals surface area contributed by atoms with E-state index in [1.807, 2.05) is 0 Å². The van der Waals surface area contributed by atoms with E-state index in [-0.39, 0.29) is 10.6 Å². The maximum absolute atomic E-state index is 12.1. The summed E-state index contributed by atoms with van der Waals surface area (Å²) in [6, 6.07) is 3.12. The van der Waals surface area contributed by atoms with Crippen LogP contribution in [0.15, 0.2) is 21.4 Å². The number of rotatable bonds is 3. The normalized spacial score (nSPS) is 15.5. The van der Waals surface area contributed by atoms with E-state index < -0.39 is 10.0 Å². The first-order valence-electron chi connectivity index (χ1n) is 6.22. The summed E-state index contributed by atoms with van der Waals surface area (Å²) in [5, 5.41) is 9.90. The third-order valence-electron chi connectivity index (χ3n) is 3.12. The van der Waals surface area contributed by atoms with Crippen molar-refractivity contribution in [1.29, 1.82) is 0 Å². The monoisotopic (exact) mass is 282 g/mol. The number of fused-ring (bicyclic) bond motifs is 1. The Bertz CT molecular complexity index is 607. The Kier molecular flexibility index (Phi) is 3.80. The molecule has 6 heteroatoms. The predicted octanol–water partition coefficient (Wildman–Crippen LogP) is 1.55. The summed E-state index contributed by atoms with van der Waals surface area (Å²) >= 11 is 0. The maximum Gasteiger partial charge on any atom is 0.287 e. The van der Waals surface area contributed by atoms with Crippen LogP contribution in [0, 0.1) is 0 Å². The summed E-state index contributed by atoms with van der Waals surface area (Å²) in [5.74, 6) is -0.212. The minimum absolute atomic E-state index is 0.105. The molecule has 1 aliphatic carbocycles. The minimum Gasteiger partial charge on any atom is -0.507 e. The summed E-state index contributed by atoms with van der Waals surface area (Å²) in [7, 11) is -0.469. The molecule has 104 valence electrons. The van der Waals surface area contributed by atoms with Crippen LogP contribution in [0.5, 0.6) is 5.75 Å². The molecule has 0 unspecified atom stereocenters. The number of sulfonamides is 1. The largest absolute Gasteiger partial charge is 0.507 e. The highest BCUT2D eigenvalue weighted by molar-refractivity contribution is 7.90. The SMILES string of the molecule is CN(C)C=NS(=O)(=O)c1cc2c(cc1O)CCCC2. The number of aromatic hydroxyl groups is 1. The van der Waals surface area contributed by atoms with E-state index in [2.05, 4.69) is 4.40 Å². The molecule has 0 radical (unpaired) electrons. The Hall–Kier alpha value is -1.56. The molecule has 0 heterocycles. The molecule has 0 amide bonds. The van der Waals surface area contributed by atoms with E-state index in [4.69, 9.17) is 0 Å². The molecule has 19 heavy (non-hydrogen) atoms. The second-order valence-corrected chi connectivity index (χ2v) is 6.56. The molecule has 0 bridgehead atoms. The average molecular weight is 282 g/mol. The Balaban J connectivity index is 2.45. The van der Waals surface area contributed by atoms with Gasteiger partial charge in [0, 0.05) is 14.1 Å². The van der Waals surface area contributed by atoms with Gasteiger partial charge in [0.05, 0.1) is 0 Å². The first-order valence-corrected chi connectivity index (χ1v) is 7.66. The van der Waals surface area contributed by atoms with Crippen LogP contribution in [0.3, 0.4) is 0 Å². The Labute approximate surface area is 113 Å². The van der Waals surface area contributed by atoms with Crippen LogP contribution in [0.4, 0.5) is 0 Å².